The van der Waals surface area contributed by atoms with E-state index in [9.17, 15) is 18.0 Å². The minimum absolute atomic E-state index is 0.0331. The second kappa shape index (κ2) is 8.69. The lowest BCUT2D eigenvalue weighted by Gasteiger charge is -2.21. The molecule has 8 heteroatoms. The minimum Gasteiger partial charge on any atom is -0.340 e. The molecule has 1 amide bonds. The number of aryl methyl sites for hydroxylation is 1. The Morgan fingerprint density at radius 1 is 1.17 bits per heavy atom. The lowest BCUT2D eigenvalue weighted by atomic mass is 9.98. The maximum absolute atomic E-state index is 12.7. The van der Waals surface area contributed by atoms with Crippen LogP contribution in [0, 0.1) is 12.8 Å². The number of nitrogens with zero attached hydrogens (tertiary/aromatic N) is 2. The highest BCUT2D eigenvalue weighted by molar-refractivity contribution is 5.94. The van der Waals surface area contributed by atoms with E-state index in [2.05, 4.69) is 15.5 Å². The number of amides is 1. The quantitative estimate of drug-likeness (QED) is 0.568. The van der Waals surface area contributed by atoms with Gasteiger partial charge in [-0.3, -0.25) is 4.79 Å². The molecule has 0 fully saturated rings. The van der Waals surface area contributed by atoms with Crippen LogP contribution in [-0.2, 0) is 6.18 Å². The molecule has 0 saturated carbocycles. The molecule has 5 nitrogen and oxygen atoms in total. The first kappa shape index (κ1) is 21.5. The van der Waals surface area contributed by atoms with Crippen molar-refractivity contribution in [1.82, 2.24) is 15.5 Å². The molecule has 0 aliphatic rings. The van der Waals surface area contributed by atoms with E-state index in [0.717, 1.165) is 41.8 Å². The molecule has 0 aliphatic heterocycles. The Kier molecular flexibility index (Phi) is 6.24. The van der Waals surface area contributed by atoms with Gasteiger partial charge in [0.1, 0.15) is 6.04 Å². The van der Waals surface area contributed by atoms with E-state index in [-0.39, 0.29) is 17.4 Å². The SMILES string of the molecule is CC[C@H](C)[C@H](NC(=O)c1ccc(C(F)(F)F)cc1)c1nc(-c2cccc(C)c2)no1. The third-order valence-electron chi connectivity index (χ3n) is 4.96. The van der Waals surface area contributed by atoms with Crippen LogP contribution in [0.4, 0.5) is 13.2 Å². The number of aromatic nitrogens is 2. The molecule has 3 rings (SSSR count). The van der Waals surface area contributed by atoms with Crippen LogP contribution in [0.5, 0.6) is 0 Å². The van der Waals surface area contributed by atoms with Gasteiger partial charge in [0.2, 0.25) is 11.7 Å². The standard InChI is InChI=1S/C22H22F3N3O2/c1-4-14(3)18(21-27-19(28-30-21)16-7-5-6-13(2)12-16)26-20(29)15-8-10-17(11-9-15)22(23,24)25/h5-12,14,18H,4H2,1-3H3,(H,26,29)/t14-,18-/m0/s1. The third kappa shape index (κ3) is 4.87. The first-order valence-corrected chi connectivity index (χ1v) is 9.57. The maximum atomic E-state index is 12.7. The molecule has 30 heavy (non-hydrogen) atoms. The first-order chi connectivity index (χ1) is 14.2. The monoisotopic (exact) mass is 417 g/mol. The normalized spacial score (nSPS) is 13.7. The van der Waals surface area contributed by atoms with Crippen molar-refractivity contribution in [3.63, 3.8) is 0 Å². The zero-order valence-electron chi connectivity index (χ0n) is 16.8. The van der Waals surface area contributed by atoms with Crippen LogP contribution in [-0.4, -0.2) is 16.0 Å². The minimum atomic E-state index is -4.45. The summed E-state index contributed by atoms with van der Waals surface area (Å²) in [5.41, 5.74) is 1.15. The summed E-state index contributed by atoms with van der Waals surface area (Å²) in [6, 6.07) is 11.1. The molecular formula is C22H22F3N3O2. The predicted molar refractivity (Wildman–Crippen MR) is 106 cm³/mol. The van der Waals surface area contributed by atoms with E-state index >= 15 is 0 Å². The highest BCUT2D eigenvalue weighted by Gasteiger charge is 2.31. The van der Waals surface area contributed by atoms with Crippen molar-refractivity contribution in [3.05, 3.63) is 71.1 Å². The molecule has 0 unspecified atom stereocenters. The van der Waals surface area contributed by atoms with Crippen molar-refractivity contribution < 1.29 is 22.5 Å². The second-order valence-corrected chi connectivity index (χ2v) is 7.24. The number of halogens is 3. The van der Waals surface area contributed by atoms with Crippen LogP contribution >= 0.6 is 0 Å². The lowest BCUT2D eigenvalue weighted by Crippen LogP contribution is -2.32. The number of benzene rings is 2. The highest BCUT2D eigenvalue weighted by Crippen LogP contribution is 2.30. The fraction of sp³-hybridized carbons (Fsp3) is 0.318. The summed E-state index contributed by atoms with van der Waals surface area (Å²) in [5, 5.41) is 6.84. The van der Waals surface area contributed by atoms with Crippen LogP contribution in [0.1, 0.15) is 53.7 Å². The molecule has 0 aliphatic carbocycles. The van der Waals surface area contributed by atoms with Crippen molar-refractivity contribution >= 4 is 5.91 Å². The third-order valence-corrected chi connectivity index (χ3v) is 4.96. The maximum Gasteiger partial charge on any atom is 0.416 e. The topological polar surface area (TPSA) is 68.0 Å². The van der Waals surface area contributed by atoms with Gasteiger partial charge in [0.05, 0.1) is 5.56 Å². The number of hydrogen-bond acceptors (Lipinski definition) is 4. The van der Waals surface area contributed by atoms with Gasteiger partial charge < -0.3 is 9.84 Å². The molecule has 0 bridgehead atoms. The molecule has 2 atom stereocenters. The molecule has 2 aromatic carbocycles. The molecular weight excluding hydrogens is 395 g/mol. The molecule has 1 heterocycles. The van der Waals surface area contributed by atoms with Gasteiger partial charge in [0.15, 0.2) is 0 Å². The summed E-state index contributed by atoms with van der Waals surface area (Å²) in [5.74, 6) is 0.116. The fourth-order valence-corrected chi connectivity index (χ4v) is 2.98. The Morgan fingerprint density at radius 2 is 1.87 bits per heavy atom. The van der Waals surface area contributed by atoms with Gasteiger partial charge in [-0.2, -0.15) is 18.2 Å². The van der Waals surface area contributed by atoms with Crippen molar-refractivity contribution in [2.24, 2.45) is 5.92 Å². The van der Waals surface area contributed by atoms with Crippen LogP contribution in [0.15, 0.2) is 53.1 Å². The fourth-order valence-electron chi connectivity index (χ4n) is 2.98. The van der Waals surface area contributed by atoms with Crippen LogP contribution in [0.2, 0.25) is 0 Å². The van der Waals surface area contributed by atoms with E-state index in [1.807, 2.05) is 45.0 Å². The van der Waals surface area contributed by atoms with Gasteiger partial charge in [-0.25, -0.2) is 0 Å². The largest absolute Gasteiger partial charge is 0.416 e. The van der Waals surface area contributed by atoms with Crippen LogP contribution in [0.25, 0.3) is 11.4 Å². The average molecular weight is 417 g/mol. The van der Waals surface area contributed by atoms with Gasteiger partial charge >= 0.3 is 6.18 Å². The number of hydrogen-bond donors (Lipinski definition) is 1. The average Bonchev–Trinajstić information content (AvgIpc) is 3.20. The van der Waals surface area contributed by atoms with E-state index in [0.29, 0.717) is 5.82 Å². The molecule has 0 saturated heterocycles. The Hall–Kier alpha value is -3.16. The predicted octanol–water partition coefficient (Wildman–Crippen LogP) is 5.58. The van der Waals surface area contributed by atoms with Gasteiger partial charge in [-0.1, -0.05) is 49.2 Å². The molecule has 3 aromatic rings. The van der Waals surface area contributed by atoms with Gasteiger partial charge in [0, 0.05) is 11.1 Å². The highest BCUT2D eigenvalue weighted by atomic mass is 19.4. The summed E-state index contributed by atoms with van der Waals surface area (Å²) < 4.78 is 43.6. The van der Waals surface area contributed by atoms with Gasteiger partial charge in [-0.15, -0.1) is 0 Å². The van der Waals surface area contributed by atoms with Crippen LogP contribution in [0.3, 0.4) is 0 Å². The molecule has 0 spiro atoms. The summed E-state index contributed by atoms with van der Waals surface area (Å²) in [6.45, 7) is 5.84. The van der Waals surface area contributed by atoms with E-state index in [1.54, 1.807) is 0 Å². The first-order valence-electron chi connectivity index (χ1n) is 9.57. The number of carbonyl (C=O) groups excluding carboxylic acids is 1. The Morgan fingerprint density at radius 3 is 2.47 bits per heavy atom. The van der Waals surface area contributed by atoms with E-state index in [1.165, 1.54) is 0 Å². The number of carbonyl (C=O) groups is 1. The smallest absolute Gasteiger partial charge is 0.340 e. The summed E-state index contributed by atoms with van der Waals surface area (Å²) >= 11 is 0. The van der Waals surface area contributed by atoms with E-state index in [4.69, 9.17) is 4.52 Å². The van der Waals surface area contributed by atoms with E-state index < -0.39 is 23.7 Å². The Balaban J connectivity index is 1.82. The molecule has 1 aromatic heterocycles. The zero-order valence-corrected chi connectivity index (χ0v) is 16.8. The van der Waals surface area contributed by atoms with Crippen molar-refractivity contribution in [1.29, 1.82) is 0 Å². The second-order valence-electron chi connectivity index (χ2n) is 7.24. The van der Waals surface area contributed by atoms with Gasteiger partial charge in [-0.05, 0) is 43.2 Å². The molecule has 1 N–H and O–H groups in total. The lowest BCUT2D eigenvalue weighted by molar-refractivity contribution is -0.137. The summed E-state index contributed by atoms with van der Waals surface area (Å²) in [7, 11) is 0. The van der Waals surface area contributed by atoms with Crippen molar-refractivity contribution in [3.8, 4) is 11.4 Å². The number of nitrogens with one attached hydrogen (secondary N) is 1. The van der Waals surface area contributed by atoms with Crippen molar-refractivity contribution in [2.75, 3.05) is 0 Å². The summed E-state index contributed by atoms with van der Waals surface area (Å²) in [4.78, 5) is 17.1. The zero-order chi connectivity index (χ0) is 21.9. The number of alkyl halides is 3. The van der Waals surface area contributed by atoms with Gasteiger partial charge in [0.25, 0.3) is 5.91 Å². The molecule has 158 valence electrons. The summed E-state index contributed by atoms with van der Waals surface area (Å²) in [6.07, 6.45) is -3.73. The Labute approximate surface area is 172 Å². The Bertz CT molecular complexity index is 1010. The molecule has 0 radical (unpaired) electrons. The van der Waals surface area contributed by atoms with Crippen molar-refractivity contribution in [2.45, 2.75) is 39.4 Å². The van der Waals surface area contributed by atoms with Crippen LogP contribution < -0.4 is 5.32 Å². The number of rotatable bonds is 6.